The number of ether oxygens (including phenoxy) is 1. The van der Waals surface area contributed by atoms with Gasteiger partial charge in [0.2, 0.25) is 0 Å². The first-order chi connectivity index (χ1) is 17.2. The van der Waals surface area contributed by atoms with E-state index >= 15 is 0 Å². The van der Waals surface area contributed by atoms with E-state index in [0.29, 0.717) is 22.6 Å². The lowest BCUT2D eigenvalue weighted by molar-refractivity contribution is -0.385. The minimum Gasteiger partial charge on any atom is -0.490 e. The van der Waals surface area contributed by atoms with E-state index < -0.39 is 10.8 Å². The molecule has 2 N–H and O–H groups in total. The number of rotatable bonds is 6. The van der Waals surface area contributed by atoms with Crippen molar-refractivity contribution in [1.82, 2.24) is 20.3 Å². The average Bonchev–Trinajstić information content (AvgIpc) is 3.26. The minimum atomic E-state index is -0.614. The molecule has 11 heteroatoms. The standard InChI is InChI=1S/C25H24N6O4S/c1-14(2)16-5-8-18(9-6-16)30-28-20-11-15(3)19(13-21(20)29-30)26-25(36)27-24(32)17-7-10-23(35-4)22(12-17)31(33)34/h5-14H,1-4H3,(H2,26,27,32,36). The van der Waals surface area contributed by atoms with Gasteiger partial charge in [0.1, 0.15) is 11.0 Å². The molecular weight excluding hydrogens is 480 g/mol. The van der Waals surface area contributed by atoms with Crippen LogP contribution in [0.5, 0.6) is 5.75 Å². The van der Waals surface area contributed by atoms with E-state index in [9.17, 15) is 14.9 Å². The second kappa shape index (κ2) is 10.1. The molecule has 0 saturated carbocycles. The van der Waals surface area contributed by atoms with Gasteiger partial charge in [-0.1, -0.05) is 26.0 Å². The van der Waals surface area contributed by atoms with Gasteiger partial charge >= 0.3 is 5.69 Å². The number of nitro groups is 1. The van der Waals surface area contributed by atoms with Gasteiger partial charge in [-0.25, -0.2) is 0 Å². The first-order valence-corrected chi connectivity index (χ1v) is 11.5. The highest BCUT2D eigenvalue weighted by atomic mass is 32.1. The monoisotopic (exact) mass is 504 g/mol. The Morgan fingerprint density at radius 1 is 1.08 bits per heavy atom. The molecule has 1 heterocycles. The number of thiocarbonyl (C=S) groups is 1. The van der Waals surface area contributed by atoms with Gasteiger partial charge in [0.25, 0.3) is 5.91 Å². The Balaban J connectivity index is 1.51. The van der Waals surface area contributed by atoms with Crippen molar-refractivity contribution in [2.24, 2.45) is 0 Å². The van der Waals surface area contributed by atoms with Crippen molar-refractivity contribution < 1.29 is 14.5 Å². The largest absolute Gasteiger partial charge is 0.490 e. The number of aromatic nitrogens is 3. The van der Waals surface area contributed by atoms with Gasteiger partial charge in [-0.3, -0.25) is 20.2 Å². The normalized spacial score (nSPS) is 10.9. The Morgan fingerprint density at radius 3 is 2.36 bits per heavy atom. The summed E-state index contributed by atoms with van der Waals surface area (Å²) < 4.78 is 4.97. The number of hydrogen-bond acceptors (Lipinski definition) is 7. The summed E-state index contributed by atoms with van der Waals surface area (Å²) in [4.78, 5) is 24.8. The van der Waals surface area contributed by atoms with Crippen LogP contribution in [-0.4, -0.2) is 38.0 Å². The van der Waals surface area contributed by atoms with Crippen molar-refractivity contribution in [1.29, 1.82) is 0 Å². The van der Waals surface area contributed by atoms with Gasteiger partial charge < -0.3 is 10.1 Å². The molecule has 0 aliphatic carbocycles. The van der Waals surface area contributed by atoms with Crippen molar-refractivity contribution in [2.75, 3.05) is 12.4 Å². The van der Waals surface area contributed by atoms with Gasteiger partial charge in [-0.15, -0.1) is 10.2 Å². The summed E-state index contributed by atoms with van der Waals surface area (Å²) in [5.41, 5.74) is 4.70. The number of carbonyl (C=O) groups is 1. The van der Waals surface area contributed by atoms with Crippen LogP contribution in [0.4, 0.5) is 11.4 Å². The van der Waals surface area contributed by atoms with Gasteiger partial charge in [0.05, 0.1) is 17.7 Å². The quantitative estimate of drug-likeness (QED) is 0.216. The van der Waals surface area contributed by atoms with Gasteiger partial charge in [-0.2, -0.15) is 4.80 Å². The predicted octanol–water partition coefficient (Wildman–Crippen LogP) is 4.90. The highest BCUT2D eigenvalue weighted by Crippen LogP contribution is 2.27. The van der Waals surface area contributed by atoms with E-state index in [1.54, 1.807) is 10.9 Å². The number of nitro benzene ring substituents is 1. The molecule has 0 bridgehead atoms. The summed E-state index contributed by atoms with van der Waals surface area (Å²) in [5, 5.41) is 26.0. The van der Waals surface area contributed by atoms with Crippen molar-refractivity contribution in [3.8, 4) is 11.4 Å². The number of anilines is 1. The fourth-order valence-corrected chi connectivity index (χ4v) is 3.82. The van der Waals surface area contributed by atoms with Crippen LogP contribution in [0.3, 0.4) is 0 Å². The van der Waals surface area contributed by atoms with Gasteiger partial charge in [0.15, 0.2) is 10.9 Å². The second-order valence-corrected chi connectivity index (χ2v) is 8.85. The van der Waals surface area contributed by atoms with Crippen LogP contribution in [0, 0.1) is 17.0 Å². The number of carbonyl (C=O) groups excluding carboxylic acids is 1. The SMILES string of the molecule is COc1ccc(C(=O)NC(=S)Nc2cc3nn(-c4ccc(C(C)C)cc4)nc3cc2C)cc1[N+](=O)[O-]. The summed E-state index contributed by atoms with van der Waals surface area (Å²) in [5.74, 6) is -0.0954. The summed E-state index contributed by atoms with van der Waals surface area (Å²) in [6.07, 6.45) is 0. The predicted molar refractivity (Wildman–Crippen MR) is 141 cm³/mol. The van der Waals surface area contributed by atoms with E-state index in [-0.39, 0.29) is 22.1 Å². The number of amides is 1. The number of hydrogen-bond donors (Lipinski definition) is 2. The number of nitrogens with zero attached hydrogens (tertiary/aromatic N) is 4. The molecule has 0 saturated heterocycles. The van der Waals surface area contributed by atoms with Crippen LogP contribution < -0.4 is 15.4 Å². The number of nitrogens with one attached hydrogen (secondary N) is 2. The molecule has 0 radical (unpaired) electrons. The summed E-state index contributed by atoms with van der Waals surface area (Å²) in [7, 11) is 1.32. The fraction of sp³-hybridized carbons (Fsp3) is 0.200. The van der Waals surface area contributed by atoms with Crippen LogP contribution in [0.1, 0.15) is 41.3 Å². The lowest BCUT2D eigenvalue weighted by Gasteiger charge is -2.12. The number of benzene rings is 3. The van der Waals surface area contributed by atoms with Gasteiger partial charge in [-0.05, 0) is 72.6 Å². The van der Waals surface area contributed by atoms with Crippen LogP contribution in [-0.2, 0) is 0 Å². The number of methoxy groups -OCH3 is 1. The summed E-state index contributed by atoms with van der Waals surface area (Å²) in [6, 6.07) is 15.7. The highest BCUT2D eigenvalue weighted by molar-refractivity contribution is 7.80. The Hall–Kier alpha value is -4.38. The maximum Gasteiger partial charge on any atom is 0.311 e. The molecular formula is C25H24N6O4S. The second-order valence-electron chi connectivity index (χ2n) is 8.44. The molecule has 4 aromatic rings. The summed E-state index contributed by atoms with van der Waals surface area (Å²) in [6.45, 7) is 6.16. The van der Waals surface area contributed by atoms with Crippen LogP contribution in [0.2, 0.25) is 0 Å². The third kappa shape index (κ3) is 5.15. The van der Waals surface area contributed by atoms with Crippen molar-refractivity contribution >= 4 is 45.6 Å². The highest BCUT2D eigenvalue weighted by Gasteiger charge is 2.19. The zero-order valence-electron chi connectivity index (χ0n) is 20.1. The molecule has 184 valence electrons. The van der Waals surface area contributed by atoms with Crippen molar-refractivity contribution in [3.63, 3.8) is 0 Å². The minimum absolute atomic E-state index is 0.0394. The maximum atomic E-state index is 12.6. The number of fused-ring (bicyclic) bond motifs is 1. The molecule has 36 heavy (non-hydrogen) atoms. The van der Waals surface area contributed by atoms with E-state index in [1.165, 1.54) is 24.8 Å². The molecule has 0 aliphatic heterocycles. The molecule has 0 atom stereocenters. The fourth-order valence-electron chi connectivity index (χ4n) is 3.61. The molecule has 0 unspecified atom stereocenters. The van der Waals surface area contributed by atoms with Crippen molar-refractivity contribution in [3.05, 3.63) is 81.4 Å². The molecule has 10 nitrogen and oxygen atoms in total. The van der Waals surface area contributed by atoms with Crippen LogP contribution in [0.25, 0.3) is 16.7 Å². The zero-order valence-corrected chi connectivity index (χ0v) is 20.9. The Bertz CT molecular complexity index is 1480. The third-order valence-electron chi connectivity index (χ3n) is 5.63. The molecule has 1 aromatic heterocycles. The topological polar surface area (TPSA) is 124 Å². The lowest BCUT2D eigenvalue weighted by atomic mass is 10.0. The molecule has 4 rings (SSSR count). The molecule has 1 amide bonds. The Morgan fingerprint density at radius 2 is 1.75 bits per heavy atom. The Labute approximate surface area is 212 Å². The van der Waals surface area contributed by atoms with Gasteiger partial charge in [0, 0.05) is 17.3 Å². The zero-order chi connectivity index (χ0) is 26.0. The molecule has 3 aromatic carbocycles. The molecule has 0 aliphatic rings. The first-order valence-electron chi connectivity index (χ1n) is 11.1. The molecule has 0 spiro atoms. The van der Waals surface area contributed by atoms with Crippen molar-refractivity contribution in [2.45, 2.75) is 26.7 Å². The van der Waals surface area contributed by atoms with Crippen LogP contribution in [0.15, 0.2) is 54.6 Å². The maximum absolute atomic E-state index is 12.6. The molecule has 0 fully saturated rings. The van der Waals surface area contributed by atoms with E-state index in [0.717, 1.165) is 17.3 Å². The van der Waals surface area contributed by atoms with E-state index in [2.05, 4.69) is 46.8 Å². The number of aryl methyl sites for hydroxylation is 1. The lowest BCUT2D eigenvalue weighted by Crippen LogP contribution is -2.34. The smallest absolute Gasteiger partial charge is 0.311 e. The van der Waals surface area contributed by atoms with Crippen LogP contribution >= 0.6 is 12.2 Å². The third-order valence-corrected chi connectivity index (χ3v) is 5.83. The average molecular weight is 505 g/mol. The van der Waals surface area contributed by atoms with E-state index in [4.69, 9.17) is 17.0 Å². The van der Waals surface area contributed by atoms with E-state index in [1.807, 2.05) is 25.1 Å². The Kier molecular flexibility index (Phi) is 6.93. The first kappa shape index (κ1) is 24.7. The summed E-state index contributed by atoms with van der Waals surface area (Å²) >= 11 is 5.30.